The number of methoxy groups -OCH3 is 1. The topological polar surface area (TPSA) is 115 Å². The zero-order valence-electron chi connectivity index (χ0n) is 30.5. The van der Waals surface area contributed by atoms with E-state index in [-0.39, 0.29) is 36.5 Å². The van der Waals surface area contributed by atoms with Gasteiger partial charge < -0.3 is 33.9 Å². The lowest BCUT2D eigenvalue weighted by atomic mass is 9.89. The maximum atomic E-state index is 13.5. The first-order valence-corrected chi connectivity index (χ1v) is 18.7. The maximum Gasteiger partial charge on any atom is 0.337 e. The number of anilines is 1. The molecule has 53 heavy (non-hydrogen) atoms. The minimum Gasteiger partial charge on any atom is -0.478 e. The predicted molar refractivity (Wildman–Crippen MR) is 209 cm³/mol. The van der Waals surface area contributed by atoms with E-state index in [1.54, 1.807) is 31.6 Å². The van der Waals surface area contributed by atoms with Gasteiger partial charge in [0.05, 0.1) is 53.1 Å². The number of ether oxygens (including phenoxy) is 2. The molecule has 0 bridgehead atoms. The van der Waals surface area contributed by atoms with Crippen molar-refractivity contribution >= 4 is 68.5 Å². The van der Waals surface area contributed by atoms with Gasteiger partial charge in [-0.05, 0) is 67.9 Å². The number of benzene rings is 3. The van der Waals surface area contributed by atoms with Crippen molar-refractivity contribution in [1.82, 2.24) is 14.0 Å². The first-order valence-electron chi connectivity index (χ1n) is 18.0. The fourth-order valence-corrected chi connectivity index (χ4v) is 7.92. The summed E-state index contributed by atoms with van der Waals surface area (Å²) >= 11 is 13.2. The van der Waals surface area contributed by atoms with Crippen molar-refractivity contribution in [3.63, 3.8) is 0 Å². The Morgan fingerprint density at radius 3 is 2.08 bits per heavy atom. The Kier molecular flexibility index (Phi) is 12.1. The van der Waals surface area contributed by atoms with Gasteiger partial charge in [0.25, 0.3) is 5.91 Å². The van der Waals surface area contributed by atoms with Crippen molar-refractivity contribution < 1.29 is 29.0 Å². The van der Waals surface area contributed by atoms with Gasteiger partial charge in [-0.15, -0.1) is 0 Å². The van der Waals surface area contributed by atoms with Crippen LogP contribution in [-0.2, 0) is 34.8 Å². The van der Waals surface area contributed by atoms with Gasteiger partial charge in [0.1, 0.15) is 0 Å². The molecule has 2 amide bonds. The molecule has 3 heterocycles. The number of nitrogens with zero attached hydrogens (tertiary/aromatic N) is 3. The molecule has 1 aliphatic heterocycles. The van der Waals surface area contributed by atoms with Crippen LogP contribution < -0.4 is 5.32 Å². The summed E-state index contributed by atoms with van der Waals surface area (Å²) in [4.78, 5) is 39.3. The van der Waals surface area contributed by atoms with E-state index in [2.05, 4.69) is 12.2 Å². The number of rotatable bonds is 9. The van der Waals surface area contributed by atoms with Gasteiger partial charge in [-0.2, -0.15) is 0 Å². The zero-order valence-corrected chi connectivity index (χ0v) is 32.0. The Morgan fingerprint density at radius 2 is 1.45 bits per heavy atom. The predicted octanol–water partition coefficient (Wildman–Crippen LogP) is 8.37. The molecule has 2 N–H and O–H groups in total. The van der Waals surface area contributed by atoms with Crippen LogP contribution in [0.15, 0.2) is 73.1 Å². The SMILES string of the molecule is CO[C@H]1C[C@@H](COC2CCC(C)CC2)N(C(=O)Cc2cc(Cl)c(NC(=O)c3cn(C)c4ccccc34)cc2Cl)C1.Cn1cc(C(=O)O)c2ccccc21. The van der Waals surface area contributed by atoms with Crippen molar-refractivity contribution in [2.45, 2.75) is 63.7 Å². The highest BCUT2D eigenvalue weighted by Crippen LogP contribution is 2.33. The molecule has 2 fully saturated rings. The lowest BCUT2D eigenvalue weighted by Crippen LogP contribution is -2.40. The third-order valence-electron chi connectivity index (χ3n) is 10.5. The van der Waals surface area contributed by atoms with E-state index in [1.165, 1.54) is 12.8 Å². The van der Waals surface area contributed by atoms with Gasteiger partial charge in [-0.3, -0.25) is 9.59 Å². The number of fused-ring (bicyclic) bond motifs is 2. The number of hydrogen-bond acceptors (Lipinski definition) is 5. The molecule has 280 valence electrons. The van der Waals surface area contributed by atoms with E-state index in [1.807, 2.05) is 76.7 Å². The summed E-state index contributed by atoms with van der Waals surface area (Å²) in [5.41, 5.74) is 3.82. The highest BCUT2D eigenvalue weighted by molar-refractivity contribution is 6.36. The Morgan fingerprint density at radius 1 is 0.849 bits per heavy atom. The normalized spacial score (nSPS) is 20.0. The Balaban J connectivity index is 0.000000309. The van der Waals surface area contributed by atoms with Crippen LogP contribution in [0.1, 0.15) is 65.3 Å². The number of hydrogen-bond donors (Lipinski definition) is 2. The summed E-state index contributed by atoms with van der Waals surface area (Å²) in [5.74, 6) is -0.443. The molecule has 5 aromatic rings. The van der Waals surface area contributed by atoms with Crippen LogP contribution in [0.25, 0.3) is 21.8 Å². The molecule has 2 aliphatic rings. The molecule has 2 atom stereocenters. The van der Waals surface area contributed by atoms with Crippen molar-refractivity contribution in [2.24, 2.45) is 20.0 Å². The standard InChI is InChI=1S/C31H37Cl2N3O4.C10H9NO2/c1-19-8-10-22(11-9-19)40-18-21-14-23(39-3)16-36(21)30(37)13-20-12-27(33)28(15-26(20)32)34-31(38)25-17-35(2)29-7-5-4-6-24(25)29;1-11-6-8(10(12)13)7-4-2-3-5-9(7)11/h4-7,12,15,17,19,21-23H,8-11,13-14,16,18H2,1-3H3,(H,34,38);2-6H,1H3,(H,12,13)/t19?,21-,22?,23-;/m0./s1. The molecule has 2 aromatic heterocycles. The number of aryl methyl sites for hydroxylation is 2. The third kappa shape index (κ3) is 8.73. The van der Waals surface area contributed by atoms with Gasteiger partial charge in [-0.1, -0.05) is 66.5 Å². The van der Waals surface area contributed by atoms with Gasteiger partial charge in [0, 0.05) is 67.0 Å². The summed E-state index contributed by atoms with van der Waals surface area (Å²) in [5, 5.41) is 14.1. The Bertz CT molecular complexity index is 2120. The van der Waals surface area contributed by atoms with Gasteiger partial charge >= 0.3 is 5.97 Å². The summed E-state index contributed by atoms with van der Waals surface area (Å²) in [6.07, 6.45) is 9.05. The lowest BCUT2D eigenvalue weighted by Gasteiger charge is -2.30. The van der Waals surface area contributed by atoms with Crippen molar-refractivity contribution in [3.05, 3.63) is 99.8 Å². The number of para-hydroxylation sites is 2. The number of carbonyl (C=O) groups excluding carboxylic acids is 2. The van der Waals surface area contributed by atoms with Crippen molar-refractivity contribution in [1.29, 1.82) is 0 Å². The highest BCUT2D eigenvalue weighted by atomic mass is 35.5. The molecule has 0 unspecified atom stereocenters. The molecule has 10 nitrogen and oxygen atoms in total. The fourth-order valence-electron chi connectivity index (χ4n) is 7.46. The molecule has 0 radical (unpaired) electrons. The van der Waals surface area contributed by atoms with Crippen LogP contribution in [-0.4, -0.2) is 75.4 Å². The number of carboxylic acid groups (broad SMARTS) is 1. The third-order valence-corrected chi connectivity index (χ3v) is 11.2. The van der Waals surface area contributed by atoms with Crippen LogP contribution in [0.4, 0.5) is 5.69 Å². The molecule has 1 aliphatic carbocycles. The van der Waals surface area contributed by atoms with E-state index in [0.717, 1.165) is 47.0 Å². The van der Waals surface area contributed by atoms with E-state index < -0.39 is 5.97 Å². The first kappa shape index (κ1) is 38.4. The number of halogens is 2. The monoisotopic (exact) mass is 760 g/mol. The molecule has 0 spiro atoms. The number of carboxylic acids is 1. The fraction of sp³-hybridized carbons (Fsp3) is 0.390. The number of aromatic nitrogens is 2. The van der Waals surface area contributed by atoms with Crippen LogP contribution in [0, 0.1) is 5.92 Å². The van der Waals surface area contributed by atoms with Crippen LogP contribution in [0.2, 0.25) is 10.0 Å². The minimum absolute atomic E-state index is 0.0188. The second-order valence-corrected chi connectivity index (χ2v) is 15.0. The Hall–Kier alpha value is -4.35. The summed E-state index contributed by atoms with van der Waals surface area (Å²) in [6, 6.07) is 18.4. The van der Waals surface area contributed by atoms with Gasteiger partial charge in [-0.25, -0.2) is 4.79 Å². The van der Waals surface area contributed by atoms with Crippen molar-refractivity contribution in [3.8, 4) is 0 Å². The van der Waals surface area contributed by atoms with E-state index >= 15 is 0 Å². The Labute approximate surface area is 319 Å². The molecular formula is C41H46Cl2N4O6. The number of aromatic carboxylic acids is 1. The zero-order chi connectivity index (χ0) is 37.8. The molecule has 7 rings (SSSR count). The second-order valence-electron chi connectivity index (χ2n) is 14.2. The number of nitrogens with one attached hydrogen (secondary N) is 1. The maximum absolute atomic E-state index is 13.5. The quantitative estimate of drug-likeness (QED) is 0.156. The minimum atomic E-state index is -0.878. The molecule has 1 saturated heterocycles. The molecular weight excluding hydrogens is 715 g/mol. The van der Waals surface area contributed by atoms with Crippen LogP contribution in [0.3, 0.4) is 0 Å². The number of carbonyl (C=O) groups is 3. The number of amides is 2. The number of likely N-dealkylation sites (tertiary alicyclic amines) is 1. The van der Waals surface area contributed by atoms with Crippen LogP contribution >= 0.6 is 23.2 Å². The summed E-state index contributed by atoms with van der Waals surface area (Å²) < 4.78 is 15.6. The molecule has 12 heteroatoms. The van der Waals surface area contributed by atoms with Gasteiger partial charge in [0.15, 0.2) is 0 Å². The average Bonchev–Trinajstić information content (AvgIpc) is 3.84. The molecule has 3 aromatic carbocycles. The first-order chi connectivity index (χ1) is 25.4. The van der Waals surface area contributed by atoms with Crippen molar-refractivity contribution in [2.75, 3.05) is 25.6 Å². The second kappa shape index (κ2) is 16.8. The van der Waals surface area contributed by atoms with Gasteiger partial charge in [0.2, 0.25) is 5.91 Å². The smallest absolute Gasteiger partial charge is 0.337 e. The van der Waals surface area contributed by atoms with E-state index in [0.29, 0.717) is 45.6 Å². The highest BCUT2D eigenvalue weighted by Gasteiger charge is 2.36. The molecule has 1 saturated carbocycles. The largest absolute Gasteiger partial charge is 0.478 e. The van der Waals surface area contributed by atoms with Crippen LogP contribution in [0.5, 0.6) is 0 Å². The average molecular weight is 762 g/mol. The summed E-state index contributed by atoms with van der Waals surface area (Å²) in [7, 11) is 5.42. The lowest BCUT2D eigenvalue weighted by molar-refractivity contribution is -0.133. The summed E-state index contributed by atoms with van der Waals surface area (Å²) in [6.45, 7) is 3.33. The van der Waals surface area contributed by atoms with E-state index in [4.69, 9.17) is 37.8 Å². The van der Waals surface area contributed by atoms with E-state index in [9.17, 15) is 14.4 Å².